The first-order valence-electron chi connectivity index (χ1n) is 6.46. The number of ether oxygens (including phenoxy) is 2. The zero-order valence-electron chi connectivity index (χ0n) is 12.6. The Kier molecular flexibility index (Phi) is 5.65. The maximum absolute atomic E-state index is 12.2. The van der Waals surface area contributed by atoms with Crippen LogP contribution in [0.2, 0.25) is 0 Å². The minimum Gasteiger partial charge on any atom is -0.493 e. The van der Waals surface area contributed by atoms with Gasteiger partial charge in [-0.25, -0.2) is 0 Å². The van der Waals surface area contributed by atoms with E-state index in [2.05, 4.69) is 10.1 Å². The largest absolute Gasteiger partial charge is 0.493 e. The number of hydrogen-bond donors (Lipinski definition) is 2. The highest BCUT2D eigenvalue weighted by Gasteiger charge is 2.29. The summed E-state index contributed by atoms with van der Waals surface area (Å²) in [5.74, 6) is -0.207. The van der Waals surface area contributed by atoms with Crippen molar-refractivity contribution in [2.75, 3.05) is 13.7 Å². The van der Waals surface area contributed by atoms with Crippen molar-refractivity contribution >= 4 is 5.91 Å². The standard InChI is InChI=1S/C14H19F3N2O3/c1-13(2,18)12(20)19-7-9-4-5-10(11(6-9)21-3)22-8-14(15,16)17/h4-6H,7-8,18H2,1-3H3,(H,19,20). The molecule has 0 aliphatic carbocycles. The van der Waals surface area contributed by atoms with E-state index in [-0.39, 0.29) is 24.0 Å². The predicted octanol–water partition coefficient (Wildman–Crippen LogP) is 1.99. The van der Waals surface area contributed by atoms with Gasteiger partial charge in [-0.2, -0.15) is 13.2 Å². The van der Waals surface area contributed by atoms with Crippen LogP contribution in [0.5, 0.6) is 11.5 Å². The maximum atomic E-state index is 12.2. The molecule has 0 radical (unpaired) electrons. The Morgan fingerprint density at radius 2 is 1.91 bits per heavy atom. The van der Waals surface area contributed by atoms with E-state index >= 15 is 0 Å². The summed E-state index contributed by atoms with van der Waals surface area (Å²) in [4.78, 5) is 11.7. The van der Waals surface area contributed by atoms with E-state index in [0.717, 1.165) is 0 Å². The van der Waals surface area contributed by atoms with E-state index < -0.39 is 18.3 Å². The minimum atomic E-state index is -4.43. The number of rotatable bonds is 6. The second-order valence-electron chi connectivity index (χ2n) is 5.29. The van der Waals surface area contributed by atoms with Crippen molar-refractivity contribution < 1.29 is 27.4 Å². The smallest absolute Gasteiger partial charge is 0.422 e. The summed E-state index contributed by atoms with van der Waals surface area (Å²) in [5, 5.41) is 2.63. The summed E-state index contributed by atoms with van der Waals surface area (Å²) < 4.78 is 46.1. The van der Waals surface area contributed by atoms with Crippen LogP contribution in [0.25, 0.3) is 0 Å². The lowest BCUT2D eigenvalue weighted by molar-refractivity contribution is -0.153. The van der Waals surface area contributed by atoms with E-state index in [4.69, 9.17) is 10.5 Å². The number of halogens is 3. The van der Waals surface area contributed by atoms with Gasteiger partial charge in [0.1, 0.15) is 0 Å². The van der Waals surface area contributed by atoms with Crippen LogP contribution >= 0.6 is 0 Å². The van der Waals surface area contributed by atoms with Gasteiger partial charge in [-0.3, -0.25) is 4.79 Å². The Bertz CT molecular complexity index is 525. The first kappa shape index (κ1) is 18.1. The molecule has 0 aromatic heterocycles. The summed E-state index contributed by atoms with van der Waals surface area (Å²) in [5.41, 5.74) is 5.27. The monoisotopic (exact) mass is 320 g/mol. The molecule has 8 heteroatoms. The van der Waals surface area contributed by atoms with Crippen molar-refractivity contribution in [3.8, 4) is 11.5 Å². The average Bonchev–Trinajstić information content (AvgIpc) is 2.40. The molecule has 0 spiro atoms. The zero-order chi connectivity index (χ0) is 17.0. The lowest BCUT2D eigenvalue weighted by atomic mass is 10.1. The number of hydrogen-bond acceptors (Lipinski definition) is 4. The third-order valence-electron chi connectivity index (χ3n) is 2.66. The molecule has 0 heterocycles. The number of methoxy groups -OCH3 is 1. The molecule has 0 unspecified atom stereocenters. The predicted molar refractivity (Wildman–Crippen MR) is 74.7 cm³/mol. The van der Waals surface area contributed by atoms with Gasteiger partial charge in [0.15, 0.2) is 18.1 Å². The normalized spacial score (nSPS) is 12.0. The van der Waals surface area contributed by atoms with Gasteiger partial charge in [0.25, 0.3) is 0 Å². The second-order valence-corrected chi connectivity index (χ2v) is 5.29. The Morgan fingerprint density at radius 1 is 1.27 bits per heavy atom. The highest BCUT2D eigenvalue weighted by Crippen LogP contribution is 2.29. The summed E-state index contributed by atoms with van der Waals surface area (Å²) >= 11 is 0. The van der Waals surface area contributed by atoms with E-state index in [9.17, 15) is 18.0 Å². The van der Waals surface area contributed by atoms with Gasteiger partial charge >= 0.3 is 6.18 Å². The summed E-state index contributed by atoms with van der Waals surface area (Å²) in [7, 11) is 1.32. The van der Waals surface area contributed by atoms with E-state index in [1.807, 2.05) is 0 Å². The minimum absolute atomic E-state index is 0.0194. The van der Waals surface area contributed by atoms with Crippen molar-refractivity contribution in [1.29, 1.82) is 0 Å². The molecule has 0 fully saturated rings. The molecule has 0 saturated carbocycles. The molecule has 1 aromatic rings. The SMILES string of the molecule is COc1cc(CNC(=O)C(C)(C)N)ccc1OCC(F)(F)F. The quantitative estimate of drug-likeness (QED) is 0.841. The van der Waals surface area contributed by atoms with E-state index in [1.165, 1.54) is 25.3 Å². The third kappa shape index (κ3) is 5.80. The molecule has 5 nitrogen and oxygen atoms in total. The number of amides is 1. The number of nitrogens with one attached hydrogen (secondary N) is 1. The lowest BCUT2D eigenvalue weighted by Crippen LogP contribution is -2.48. The van der Waals surface area contributed by atoms with Crippen molar-refractivity contribution in [2.24, 2.45) is 5.73 Å². The van der Waals surface area contributed by atoms with Crippen molar-refractivity contribution in [3.05, 3.63) is 23.8 Å². The molecule has 0 atom stereocenters. The fourth-order valence-corrected chi connectivity index (χ4v) is 1.51. The molecule has 124 valence electrons. The van der Waals surface area contributed by atoms with Crippen LogP contribution in [0.1, 0.15) is 19.4 Å². The Balaban J connectivity index is 2.74. The molecule has 0 aliphatic heterocycles. The molecule has 1 aromatic carbocycles. The van der Waals surface area contributed by atoms with Crippen LogP contribution in [-0.2, 0) is 11.3 Å². The van der Waals surface area contributed by atoms with Crippen molar-refractivity contribution in [1.82, 2.24) is 5.32 Å². The van der Waals surface area contributed by atoms with E-state index in [0.29, 0.717) is 5.56 Å². The van der Waals surface area contributed by atoms with Gasteiger partial charge in [-0.1, -0.05) is 6.07 Å². The number of carbonyl (C=O) groups is 1. The molecule has 0 aliphatic rings. The van der Waals surface area contributed by atoms with Gasteiger partial charge in [0, 0.05) is 6.54 Å². The Hall–Kier alpha value is -1.96. The first-order chi connectivity index (χ1) is 10.0. The van der Waals surface area contributed by atoms with Crippen LogP contribution < -0.4 is 20.5 Å². The number of carbonyl (C=O) groups excluding carboxylic acids is 1. The molecule has 3 N–H and O–H groups in total. The van der Waals surface area contributed by atoms with Crippen LogP contribution in [0, 0.1) is 0 Å². The number of benzene rings is 1. The van der Waals surface area contributed by atoms with Gasteiger partial charge in [-0.05, 0) is 31.5 Å². The van der Waals surface area contributed by atoms with Crippen LogP contribution in [0.3, 0.4) is 0 Å². The van der Waals surface area contributed by atoms with Gasteiger partial charge in [-0.15, -0.1) is 0 Å². The fraction of sp³-hybridized carbons (Fsp3) is 0.500. The molecule has 1 amide bonds. The van der Waals surface area contributed by atoms with Crippen LogP contribution in [0.15, 0.2) is 18.2 Å². The van der Waals surface area contributed by atoms with Gasteiger partial charge in [0.05, 0.1) is 12.6 Å². The second kappa shape index (κ2) is 6.87. The third-order valence-corrected chi connectivity index (χ3v) is 2.66. The highest BCUT2D eigenvalue weighted by molar-refractivity contribution is 5.84. The molecule has 0 bridgehead atoms. The van der Waals surface area contributed by atoms with Crippen molar-refractivity contribution in [2.45, 2.75) is 32.1 Å². The maximum Gasteiger partial charge on any atom is 0.422 e. The molecule has 1 rings (SSSR count). The summed E-state index contributed by atoms with van der Waals surface area (Å²) in [6.07, 6.45) is -4.43. The Labute approximate surface area is 126 Å². The number of alkyl halides is 3. The number of nitrogens with two attached hydrogens (primary N) is 1. The zero-order valence-corrected chi connectivity index (χ0v) is 12.6. The van der Waals surface area contributed by atoms with Gasteiger partial charge in [0.2, 0.25) is 5.91 Å². The Morgan fingerprint density at radius 3 is 2.41 bits per heavy atom. The molecule has 0 saturated heterocycles. The highest BCUT2D eigenvalue weighted by atomic mass is 19.4. The average molecular weight is 320 g/mol. The molecular weight excluding hydrogens is 301 g/mol. The molecule has 22 heavy (non-hydrogen) atoms. The lowest BCUT2D eigenvalue weighted by Gasteiger charge is -2.18. The van der Waals surface area contributed by atoms with Gasteiger partial charge < -0.3 is 20.5 Å². The van der Waals surface area contributed by atoms with Crippen LogP contribution in [0.4, 0.5) is 13.2 Å². The van der Waals surface area contributed by atoms with E-state index in [1.54, 1.807) is 13.8 Å². The van der Waals surface area contributed by atoms with Crippen molar-refractivity contribution in [3.63, 3.8) is 0 Å². The summed E-state index contributed by atoms with van der Waals surface area (Å²) in [6, 6.07) is 4.40. The summed E-state index contributed by atoms with van der Waals surface area (Å²) in [6.45, 7) is 1.91. The topological polar surface area (TPSA) is 73.6 Å². The molecular formula is C14H19F3N2O3. The fourth-order valence-electron chi connectivity index (χ4n) is 1.51. The van der Waals surface area contributed by atoms with Crippen LogP contribution in [-0.4, -0.2) is 31.3 Å². The first-order valence-corrected chi connectivity index (χ1v) is 6.46.